The molecule has 0 radical (unpaired) electrons. The SMILES string of the molecule is CCO[Si](CCC(F)C(F)CCOc1ccc2cc(-c3ccccc3CC)c(=O)oc2c1)(OCC)OCC. The van der Waals surface area contributed by atoms with Crippen molar-refractivity contribution in [3.8, 4) is 16.9 Å². The standard InChI is InChI=1S/C29H38F2O6Si/c1-5-21-11-9-10-12-24(21)25-19-22-13-14-23(20-28(22)37-29(25)32)33-17-15-26(30)27(31)16-18-38(34-6-2,35-7-3)36-8-4/h9-14,19-20,26-27H,5-8,15-18H2,1-4H3. The molecule has 6 nitrogen and oxygen atoms in total. The molecule has 0 fully saturated rings. The van der Waals surface area contributed by atoms with Crippen molar-refractivity contribution in [1.29, 1.82) is 0 Å². The van der Waals surface area contributed by atoms with E-state index in [1.54, 1.807) is 24.3 Å². The third-order valence-electron chi connectivity index (χ3n) is 6.27. The van der Waals surface area contributed by atoms with Gasteiger partial charge in [-0.2, -0.15) is 0 Å². The minimum Gasteiger partial charge on any atom is -0.493 e. The molecule has 0 saturated heterocycles. The molecule has 9 heteroatoms. The lowest BCUT2D eigenvalue weighted by Gasteiger charge is -2.29. The third kappa shape index (κ3) is 7.72. The fourth-order valence-corrected chi connectivity index (χ4v) is 7.06. The van der Waals surface area contributed by atoms with Crippen LogP contribution >= 0.6 is 0 Å². The van der Waals surface area contributed by atoms with Crippen LogP contribution in [0.25, 0.3) is 22.1 Å². The quantitative estimate of drug-likeness (QED) is 0.143. The van der Waals surface area contributed by atoms with Gasteiger partial charge in [-0.3, -0.25) is 0 Å². The van der Waals surface area contributed by atoms with Crippen LogP contribution in [-0.4, -0.2) is 47.6 Å². The highest BCUT2D eigenvalue weighted by molar-refractivity contribution is 6.60. The second-order valence-corrected chi connectivity index (χ2v) is 11.6. The minimum absolute atomic E-state index is 0.0236. The lowest BCUT2D eigenvalue weighted by molar-refractivity contribution is 0.0646. The zero-order valence-corrected chi connectivity index (χ0v) is 23.6. The number of aryl methyl sites for hydroxylation is 1. The lowest BCUT2D eigenvalue weighted by atomic mass is 9.98. The molecule has 2 atom stereocenters. The molecule has 0 N–H and O–H groups in total. The Balaban J connectivity index is 1.59. The number of hydrogen-bond donors (Lipinski definition) is 0. The second-order valence-electron chi connectivity index (χ2n) is 8.85. The van der Waals surface area contributed by atoms with Crippen molar-refractivity contribution in [2.75, 3.05) is 26.4 Å². The Morgan fingerprint density at radius 3 is 2.16 bits per heavy atom. The molecule has 208 valence electrons. The van der Waals surface area contributed by atoms with E-state index in [1.807, 2.05) is 52.0 Å². The van der Waals surface area contributed by atoms with Gasteiger partial charge in [-0.05, 0) is 62.9 Å². The Bertz CT molecular complexity index is 1200. The Kier molecular flexibility index (Phi) is 11.5. The van der Waals surface area contributed by atoms with Crippen LogP contribution in [0.5, 0.6) is 5.75 Å². The lowest BCUT2D eigenvalue weighted by Crippen LogP contribution is -2.46. The van der Waals surface area contributed by atoms with E-state index in [4.69, 9.17) is 22.4 Å². The topological polar surface area (TPSA) is 67.1 Å². The highest BCUT2D eigenvalue weighted by atomic mass is 28.4. The normalized spacial score (nSPS) is 13.5. The summed E-state index contributed by atoms with van der Waals surface area (Å²) in [6.45, 7) is 8.64. The predicted molar refractivity (Wildman–Crippen MR) is 147 cm³/mol. The largest absolute Gasteiger partial charge is 0.501 e. The molecular formula is C29H38F2O6Si. The Labute approximate surface area is 224 Å². The highest BCUT2D eigenvalue weighted by Gasteiger charge is 2.41. The van der Waals surface area contributed by atoms with Crippen LogP contribution in [0.15, 0.2) is 57.7 Å². The molecule has 0 saturated carbocycles. The first-order valence-corrected chi connectivity index (χ1v) is 15.3. The first-order chi connectivity index (χ1) is 18.4. The van der Waals surface area contributed by atoms with E-state index in [0.717, 1.165) is 22.9 Å². The zero-order chi connectivity index (χ0) is 27.5. The van der Waals surface area contributed by atoms with Crippen LogP contribution in [0.2, 0.25) is 6.04 Å². The second kappa shape index (κ2) is 14.5. The molecule has 1 heterocycles. The number of benzene rings is 2. The Hall–Kier alpha value is -2.59. The van der Waals surface area contributed by atoms with Crippen molar-refractivity contribution >= 4 is 19.8 Å². The van der Waals surface area contributed by atoms with E-state index >= 15 is 0 Å². The van der Waals surface area contributed by atoms with Gasteiger partial charge in [-0.1, -0.05) is 31.2 Å². The molecule has 1 aromatic heterocycles. The van der Waals surface area contributed by atoms with Crippen LogP contribution in [-0.2, 0) is 19.7 Å². The number of alkyl halides is 2. The average Bonchev–Trinajstić information content (AvgIpc) is 2.91. The summed E-state index contributed by atoms with van der Waals surface area (Å²) in [5.41, 5.74) is 2.35. The van der Waals surface area contributed by atoms with E-state index in [1.165, 1.54) is 0 Å². The van der Waals surface area contributed by atoms with Crippen LogP contribution in [0.3, 0.4) is 0 Å². The molecule has 0 aliphatic carbocycles. The summed E-state index contributed by atoms with van der Waals surface area (Å²) in [4.78, 5) is 12.7. The van der Waals surface area contributed by atoms with E-state index in [0.29, 0.717) is 36.7 Å². The zero-order valence-electron chi connectivity index (χ0n) is 22.6. The van der Waals surface area contributed by atoms with Gasteiger partial charge in [0, 0.05) is 43.7 Å². The van der Waals surface area contributed by atoms with Gasteiger partial charge < -0.3 is 22.4 Å². The van der Waals surface area contributed by atoms with Crippen LogP contribution in [0.4, 0.5) is 8.78 Å². The van der Waals surface area contributed by atoms with Gasteiger partial charge >= 0.3 is 14.4 Å². The molecule has 0 aliphatic rings. The minimum atomic E-state index is -3.02. The molecular weight excluding hydrogens is 510 g/mol. The summed E-state index contributed by atoms with van der Waals surface area (Å²) < 4.78 is 57.6. The fraction of sp³-hybridized carbons (Fsp3) is 0.483. The van der Waals surface area contributed by atoms with Crippen LogP contribution in [0.1, 0.15) is 46.1 Å². The summed E-state index contributed by atoms with van der Waals surface area (Å²) in [6.07, 6.45) is -2.78. The molecule has 2 unspecified atom stereocenters. The van der Waals surface area contributed by atoms with E-state index in [2.05, 4.69) is 0 Å². The van der Waals surface area contributed by atoms with Crippen molar-refractivity contribution < 1.29 is 31.2 Å². The summed E-state index contributed by atoms with van der Waals surface area (Å²) in [5.74, 6) is 0.417. The van der Waals surface area contributed by atoms with Crippen LogP contribution in [0, 0.1) is 0 Å². The first kappa shape index (κ1) is 30.0. The fourth-order valence-electron chi connectivity index (χ4n) is 4.43. The monoisotopic (exact) mass is 548 g/mol. The van der Waals surface area contributed by atoms with E-state index in [9.17, 15) is 13.6 Å². The number of ether oxygens (including phenoxy) is 1. The van der Waals surface area contributed by atoms with Crippen molar-refractivity contribution in [1.82, 2.24) is 0 Å². The van der Waals surface area contributed by atoms with E-state index in [-0.39, 0.29) is 25.5 Å². The maximum atomic E-state index is 14.6. The molecule has 0 amide bonds. The third-order valence-corrected chi connectivity index (χ3v) is 9.36. The molecule has 38 heavy (non-hydrogen) atoms. The molecule has 0 aliphatic heterocycles. The number of hydrogen-bond acceptors (Lipinski definition) is 6. The summed E-state index contributed by atoms with van der Waals surface area (Å²) in [7, 11) is -3.02. The first-order valence-electron chi connectivity index (χ1n) is 13.3. The van der Waals surface area contributed by atoms with Gasteiger partial charge in [0.2, 0.25) is 0 Å². The predicted octanol–water partition coefficient (Wildman–Crippen LogP) is 6.91. The number of halogens is 2. The molecule has 3 aromatic rings. The Morgan fingerprint density at radius 1 is 0.842 bits per heavy atom. The number of rotatable bonds is 16. The van der Waals surface area contributed by atoms with Crippen molar-refractivity contribution in [3.05, 3.63) is 64.5 Å². The molecule has 0 spiro atoms. The smallest absolute Gasteiger partial charge is 0.493 e. The highest BCUT2D eigenvalue weighted by Crippen LogP contribution is 2.27. The maximum absolute atomic E-state index is 14.6. The number of fused-ring (bicyclic) bond motifs is 1. The summed E-state index contributed by atoms with van der Waals surface area (Å²) in [6, 6.07) is 14.9. The van der Waals surface area contributed by atoms with E-state index < -0.39 is 26.8 Å². The van der Waals surface area contributed by atoms with Gasteiger partial charge in [0.1, 0.15) is 23.7 Å². The maximum Gasteiger partial charge on any atom is 0.501 e. The van der Waals surface area contributed by atoms with Crippen molar-refractivity contribution in [2.45, 2.75) is 65.3 Å². The summed E-state index contributed by atoms with van der Waals surface area (Å²) >= 11 is 0. The van der Waals surface area contributed by atoms with Crippen molar-refractivity contribution in [2.24, 2.45) is 0 Å². The van der Waals surface area contributed by atoms with Gasteiger partial charge in [-0.15, -0.1) is 0 Å². The van der Waals surface area contributed by atoms with Crippen molar-refractivity contribution in [3.63, 3.8) is 0 Å². The summed E-state index contributed by atoms with van der Waals surface area (Å²) in [5, 5.41) is 0.746. The van der Waals surface area contributed by atoms with Gasteiger partial charge in [0.15, 0.2) is 0 Å². The molecule has 2 aromatic carbocycles. The Morgan fingerprint density at radius 2 is 1.50 bits per heavy atom. The van der Waals surface area contributed by atoms with Gasteiger partial charge in [-0.25, -0.2) is 13.6 Å². The molecule has 3 rings (SSSR count). The molecule has 0 bridgehead atoms. The average molecular weight is 549 g/mol. The van der Waals surface area contributed by atoms with Crippen LogP contribution < -0.4 is 10.4 Å². The van der Waals surface area contributed by atoms with Gasteiger partial charge in [0.25, 0.3) is 0 Å². The van der Waals surface area contributed by atoms with Gasteiger partial charge in [0.05, 0.1) is 12.2 Å².